The largest absolute Gasteiger partial charge is 0.318 e. The summed E-state index contributed by atoms with van der Waals surface area (Å²) in [5.74, 6) is -2.91. The summed E-state index contributed by atoms with van der Waals surface area (Å²) in [4.78, 5) is 53.9. The monoisotopic (exact) mass is 466 g/mol. The normalized spacial score (nSPS) is 16.9. The second kappa shape index (κ2) is 7.37. The van der Waals surface area contributed by atoms with E-state index in [2.05, 4.69) is 0 Å². The lowest BCUT2D eigenvalue weighted by molar-refractivity contribution is -0.121. The highest BCUT2D eigenvalue weighted by Gasteiger charge is 2.45. The first kappa shape index (κ1) is 20.0. The van der Waals surface area contributed by atoms with E-state index in [1.54, 1.807) is 61.2 Å². The minimum absolute atomic E-state index is 0.0280. The third-order valence-electron chi connectivity index (χ3n) is 5.10. The number of imide groups is 2. The number of rotatable bonds is 4. The topological polar surface area (TPSA) is 84.6 Å². The Labute approximate surface area is 191 Å². The molecule has 0 atom stereocenters. The van der Waals surface area contributed by atoms with Crippen molar-refractivity contribution in [2.75, 3.05) is 9.80 Å². The van der Waals surface area contributed by atoms with E-state index in [9.17, 15) is 19.2 Å². The van der Waals surface area contributed by atoms with E-state index in [4.69, 9.17) is 23.2 Å². The fraction of sp³-hybridized carbons (Fsp3) is 0. The van der Waals surface area contributed by atoms with Crippen molar-refractivity contribution in [3.8, 4) is 0 Å². The number of benzene rings is 1. The number of para-hydroxylation sites is 2. The maximum absolute atomic E-state index is 13.2. The zero-order chi connectivity index (χ0) is 22.6. The van der Waals surface area contributed by atoms with Gasteiger partial charge < -0.3 is 9.13 Å². The molecule has 0 saturated heterocycles. The molecule has 0 unspecified atom stereocenters. The van der Waals surface area contributed by atoms with Crippen LogP contribution in [-0.4, -0.2) is 32.8 Å². The molecule has 3 aromatic rings. The molecule has 10 heteroatoms. The van der Waals surface area contributed by atoms with Gasteiger partial charge >= 0.3 is 0 Å². The van der Waals surface area contributed by atoms with Crippen LogP contribution in [0.5, 0.6) is 0 Å². The molecule has 1 aromatic carbocycles. The van der Waals surface area contributed by atoms with Gasteiger partial charge in [0.2, 0.25) is 0 Å². The van der Waals surface area contributed by atoms with Gasteiger partial charge in [0.15, 0.2) is 0 Å². The maximum Gasteiger partial charge on any atom is 0.284 e. The van der Waals surface area contributed by atoms with Gasteiger partial charge in [-0.3, -0.25) is 19.2 Å². The summed E-state index contributed by atoms with van der Waals surface area (Å²) in [6, 6.07) is 12.8. The number of aromatic nitrogens is 2. The van der Waals surface area contributed by atoms with Crippen LogP contribution in [0.1, 0.15) is 0 Å². The number of carbonyl (C=O) groups excluding carboxylic acids is 4. The number of anilines is 2. The molecule has 2 aromatic heterocycles. The van der Waals surface area contributed by atoms with E-state index in [0.717, 1.165) is 9.80 Å². The Morgan fingerprint density at radius 3 is 1.19 bits per heavy atom. The van der Waals surface area contributed by atoms with Crippen molar-refractivity contribution in [2.24, 2.45) is 0 Å². The van der Waals surface area contributed by atoms with Gasteiger partial charge in [-0.15, -0.1) is 0 Å². The molecule has 2 aliphatic rings. The minimum Gasteiger partial charge on any atom is -0.318 e. The van der Waals surface area contributed by atoms with Gasteiger partial charge in [0.05, 0.1) is 11.4 Å². The predicted octanol–water partition coefficient (Wildman–Crippen LogP) is 3.25. The van der Waals surface area contributed by atoms with Gasteiger partial charge in [-0.05, 0) is 36.4 Å². The molecule has 5 rings (SSSR count). The summed E-state index contributed by atoms with van der Waals surface area (Å²) in [6.07, 6.45) is 6.33. The Bertz CT molecular complexity index is 1270. The zero-order valence-electron chi connectivity index (χ0n) is 16.1. The van der Waals surface area contributed by atoms with Crippen molar-refractivity contribution < 1.29 is 19.2 Å². The molecular formula is C22H12Cl2N4O4. The SMILES string of the molecule is O=C1C(Cl)=C(n2cccc2)C(=O)N1c1ccccc1N1C(=O)C(Cl)=C(n2cccc2)C1=O. The number of hydrogen-bond acceptors (Lipinski definition) is 4. The summed E-state index contributed by atoms with van der Waals surface area (Å²) >= 11 is 12.4. The molecule has 32 heavy (non-hydrogen) atoms. The molecule has 0 N–H and O–H groups in total. The van der Waals surface area contributed by atoms with E-state index >= 15 is 0 Å². The fourth-order valence-corrected chi connectivity index (χ4v) is 4.20. The maximum atomic E-state index is 13.2. The third-order valence-corrected chi connectivity index (χ3v) is 5.78. The van der Waals surface area contributed by atoms with Gasteiger partial charge in [-0.2, -0.15) is 0 Å². The number of amides is 4. The highest BCUT2D eigenvalue weighted by Crippen LogP contribution is 2.40. The summed E-state index contributed by atoms with van der Waals surface area (Å²) < 4.78 is 2.86. The van der Waals surface area contributed by atoms with Crippen molar-refractivity contribution in [1.82, 2.24) is 9.13 Å². The third kappa shape index (κ3) is 2.77. The lowest BCUT2D eigenvalue weighted by Crippen LogP contribution is -2.37. The van der Waals surface area contributed by atoms with Crippen LogP contribution in [0.4, 0.5) is 11.4 Å². The molecule has 0 radical (unpaired) electrons. The lowest BCUT2D eigenvalue weighted by Gasteiger charge is -2.23. The van der Waals surface area contributed by atoms with Crippen LogP contribution in [0.25, 0.3) is 11.4 Å². The highest BCUT2D eigenvalue weighted by molar-refractivity contribution is 6.60. The summed E-state index contributed by atoms with van der Waals surface area (Å²) in [7, 11) is 0. The summed E-state index contributed by atoms with van der Waals surface area (Å²) in [6.45, 7) is 0. The number of halogens is 2. The van der Waals surface area contributed by atoms with Crippen molar-refractivity contribution in [2.45, 2.75) is 0 Å². The average molecular weight is 467 g/mol. The van der Waals surface area contributed by atoms with Crippen molar-refractivity contribution >= 4 is 69.6 Å². The second-order valence-electron chi connectivity index (χ2n) is 6.89. The Balaban J connectivity index is 1.58. The van der Waals surface area contributed by atoms with Gasteiger partial charge in [-0.1, -0.05) is 35.3 Å². The Hall–Kier alpha value is -3.88. The van der Waals surface area contributed by atoms with E-state index in [1.165, 1.54) is 21.3 Å². The first-order valence-electron chi connectivity index (χ1n) is 9.34. The van der Waals surface area contributed by atoms with E-state index in [-0.39, 0.29) is 32.8 Å². The molecule has 0 saturated carbocycles. The first-order valence-corrected chi connectivity index (χ1v) is 10.1. The molecule has 2 aliphatic heterocycles. The smallest absolute Gasteiger partial charge is 0.284 e. The Morgan fingerprint density at radius 1 is 0.500 bits per heavy atom. The molecule has 4 amide bonds. The first-order chi connectivity index (χ1) is 15.4. The van der Waals surface area contributed by atoms with E-state index in [0.29, 0.717) is 0 Å². The lowest BCUT2D eigenvalue weighted by atomic mass is 10.2. The molecule has 0 bridgehead atoms. The zero-order valence-corrected chi connectivity index (χ0v) is 17.6. The van der Waals surface area contributed by atoms with Gasteiger partial charge in [0, 0.05) is 24.8 Å². The van der Waals surface area contributed by atoms with E-state index < -0.39 is 23.6 Å². The van der Waals surface area contributed by atoms with Gasteiger partial charge in [-0.25, -0.2) is 9.80 Å². The number of hydrogen-bond donors (Lipinski definition) is 0. The summed E-state index contributed by atoms with van der Waals surface area (Å²) in [5, 5.41) is -0.548. The second-order valence-corrected chi connectivity index (χ2v) is 7.64. The van der Waals surface area contributed by atoms with Crippen LogP contribution in [-0.2, 0) is 19.2 Å². The van der Waals surface area contributed by atoms with E-state index in [1.807, 2.05) is 0 Å². The average Bonchev–Trinajstić information content (AvgIpc) is 3.55. The van der Waals surface area contributed by atoms with Gasteiger partial charge in [0.25, 0.3) is 23.6 Å². The fourth-order valence-electron chi connectivity index (χ4n) is 3.68. The minimum atomic E-state index is -0.767. The van der Waals surface area contributed by atoms with Crippen molar-refractivity contribution in [3.05, 3.63) is 83.4 Å². The number of carbonyl (C=O) groups is 4. The number of nitrogens with zero attached hydrogens (tertiary/aromatic N) is 4. The highest BCUT2D eigenvalue weighted by atomic mass is 35.5. The molecule has 4 heterocycles. The van der Waals surface area contributed by atoms with Crippen molar-refractivity contribution in [3.63, 3.8) is 0 Å². The molecule has 158 valence electrons. The van der Waals surface area contributed by atoms with Crippen LogP contribution >= 0.6 is 23.2 Å². The van der Waals surface area contributed by atoms with Crippen LogP contribution in [0, 0.1) is 0 Å². The Morgan fingerprint density at radius 2 is 0.844 bits per heavy atom. The molecular weight excluding hydrogens is 455 g/mol. The van der Waals surface area contributed by atoms with Crippen LogP contribution in [0.15, 0.2) is 83.4 Å². The molecule has 8 nitrogen and oxygen atoms in total. The van der Waals surface area contributed by atoms with Crippen LogP contribution < -0.4 is 9.80 Å². The molecule has 0 fully saturated rings. The van der Waals surface area contributed by atoms with Crippen molar-refractivity contribution in [1.29, 1.82) is 0 Å². The summed E-state index contributed by atoms with van der Waals surface area (Å²) in [5.41, 5.74) is 0.00456. The predicted molar refractivity (Wildman–Crippen MR) is 118 cm³/mol. The Kier molecular flexibility index (Phi) is 4.61. The van der Waals surface area contributed by atoms with Crippen LogP contribution in [0.3, 0.4) is 0 Å². The quantitative estimate of drug-likeness (QED) is 0.552. The molecule has 0 spiro atoms. The standard InChI is InChI=1S/C22H12Cl2N4O4/c23-15-17(25-9-3-4-10-25)21(31)27(19(15)29)13-7-1-2-8-14(13)28-20(30)16(24)18(22(28)32)26-11-5-6-12-26/h1-12H. The molecule has 0 aliphatic carbocycles. The van der Waals surface area contributed by atoms with Gasteiger partial charge in [0.1, 0.15) is 21.5 Å². The van der Waals surface area contributed by atoms with Crippen LogP contribution in [0.2, 0.25) is 0 Å².